The third-order valence-corrected chi connectivity index (χ3v) is 5.09. The largest absolute Gasteiger partial charge is 0.343 e. The molecule has 1 aliphatic rings. The van der Waals surface area contributed by atoms with E-state index in [0.717, 1.165) is 15.3 Å². The van der Waals surface area contributed by atoms with Gasteiger partial charge in [-0.05, 0) is 23.4 Å². The minimum atomic E-state index is -0.962. The average molecular weight is 385 g/mol. The van der Waals surface area contributed by atoms with Gasteiger partial charge in [0.15, 0.2) is 0 Å². The van der Waals surface area contributed by atoms with Gasteiger partial charge in [-0.15, -0.1) is 11.3 Å². The quantitative estimate of drug-likeness (QED) is 0.584. The second-order valence-electron chi connectivity index (χ2n) is 6.06. The summed E-state index contributed by atoms with van der Waals surface area (Å²) in [6.07, 6.45) is 0.541. The molecule has 3 rings (SSSR count). The first-order chi connectivity index (χ1) is 13.0. The smallest absolute Gasteiger partial charge is 0.334 e. The van der Waals surface area contributed by atoms with Gasteiger partial charge in [0.1, 0.15) is 6.54 Å². The second-order valence-corrected chi connectivity index (χ2v) is 7.04. The van der Waals surface area contributed by atoms with Gasteiger partial charge in [0.25, 0.3) is 0 Å². The van der Waals surface area contributed by atoms with Crippen LogP contribution in [0.3, 0.4) is 0 Å². The molecule has 1 aromatic heterocycles. The molecule has 8 heteroatoms. The zero-order chi connectivity index (χ0) is 19.4. The van der Waals surface area contributed by atoms with Crippen molar-refractivity contribution in [1.29, 1.82) is 0 Å². The molecule has 0 saturated carbocycles. The first-order valence-electron chi connectivity index (χ1n) is 8.58. The third kappa shape index (κ3) is 3.90. The molecule has 1 fully saturated rings. The maximum atomic E-state index is 12.6. The fourth-order valence-corrected chi connectivity index (χ4v) is 3.68. The van der Waals surface area contributed by atoms with Gasteiger partial charge < -0.3 is 5.32 Å². The molecular weight excluding hydrogens is 366 g/mol. The molecule has 5 amide bonds. The van der Waals surface area contributed by atoms with Crippen molar-refractivity contribution in [2.24, 2.45) is 0 Å². The predicted molar refractivity (Wildman–Crippen MR) is 99.9 cm³/mol. The first-order valence-corrected chi connectivity index (χ1v) is 9.46. The van der Waals surface area contributed by atoms with E-state index in [9.17, 15) is 19.2 Å². The van der Waals surface area contributed by atoms with Crippen LogP contribution in [-0.2, 0) is 14.4 Å². The zero-order valence-electron chi connectivity index (χ0n) is 14.8. The fraction of sp³-hybridized carbons (Fsp3) is 0.263. The highest BCUT2D eigenvalue weighted by Gasteiger charge is 2.44. The van der Waals surface area contributed by atoms with Gasteiger partial charge in [0.05, 0.1) is 6.04 Å². The lowest BCUT2D eigenvalue weighted by Crippen LogP contribution is -2.42. The Labute approximate surface area is 160 Å². The molecule has 1 N–H and O–H groups in total. The molecule has 1 aromatic carbocycles. The summed E-state index contributed by atoms with van der Waals surface area (Å²) in [6, 6.07) is 12.1. The molecule has 27 heavy (non-hydrogen) atoms. The molecule has 0 spiro atoms. The van der Waals surface area contributed by atoms with Crippen LogP contribution in [0.25, 0.3) is 0 Å². The van der Waals surface area contributed by atoms with Gasteiger partial charge in [-0.1, -0.05) is 43.3 Å². The van der Waals surface area contributed by atoms with Crippen molar-refractivity contribution in [3.05, 3.63) is 58.3 Å². The number of thiophene rings is 1. The van der Waals surface area contributed by atoms with E-state index < -0.39 is 36.3 Å². The Hall–Kier alpha value is -3.00. The van der Waals surface area contributed by atoms with E-state index in [4.69, 9.17) is 0 Å². The second kappa shape index (κ2) is 8.13. The average Bonchev–Trinajstić information content (AvgIpc) is 3.27. The Kier molecular flexibility index (Phi) is 5.66. The van der Waals surface area contributed by atoms with Crippen molar-refractivity contribution in [3.63, 3.8) is 0 Å². The molecule has 1 saturated heterocycles. The molecule has 1 atom stereocenters. The maximum Gasteiger partial charge on any atom is 0.334 e. The molecule has 2 aromatic rings. The number of amides is 5. The number of hydrogen-bond donors (Lipinski definition) is 1. The Morgan fingerprint density at radius 1 is 1.04 bits per heavy atom. The lowest BCUT2D eigenvalue weighted by molar-refractivity contribution is -0.144. The molecule has 0 radical (unpaired) electrons. The topological polar surface area (TPSA) is 86.8 Å². The van der Waals surface area contributed by atoms with E-state index in [0.29, 0.717) is 11.3 Å². The molecule has 0 bridgehead atoms. The SMILES string of the molecule is CCCN1C(=O)C(=O)N(CC(=O)N[C@@H](c2ccccc2)c2cccs2)C1=O. The summed E-state index contributed by atoms with van der Waals surface area (Å²) in [5, 5.41) is 4.77. The number of carbonyl (C=O) groups is 4. The number of imide groups is 2. The molecule has 1 aliphatic heterocycles. The van der Waals surface area contributed by atoms with E-state index in [-0.39, 0.29) is 6.54 Å². The fourth-order valence-electron chi connectivity index (χ4n) is 2.88. The van der Waals surface area contributed by atoms with Crippen molar-refractivity contribution >= 4 is 35.1 Å². The van der Waals surface area contributed by atoms with Gasteiger partial charge in [-0.3, -0.25) is 19.3 Å². The number of nitrogens with zero attached hydrogens (tertiary/aromatic N) is 2. The summed E-state index contributed by atoms with van der Waals surface area (Å²) < 4.78 is 0. The summed E-state index contributed by atoms with van der Waals surface area (Å²) >= 11 is 1.49. The summed E-state index contributed by atoms with van der Waals surface area (Å²) in [4.78, 5) is 51.3. The van der Waals surface area contributed by atoms with Crippen molar-refractivity contribution in [2.45, 2.75) is 19.4 Å². The third-order valence-electron chi connectivity index (χ3n) is 4.15. The monoisotopic (exact) mass is 385 g/mol. The van der Waals surface area contributed by atoms with Crippen molar-refractivity contribution in [2.75, 3.05) is 13.1 Å². The standard InChI is InChI=1S/C19H19N3O4S/c1-2-10-21-17(24)18(25)22(19(21)26)12-15(23)20-16(14-9-6-11-27-14)13-7-4-3-5-8-13/h3-9,11,16H,2,10,12H2,1H3,(H,20,23)/t16-/m0/s1. The Morgan fingerprint density at radius 2 is 1.74 bits per heavy atom. The number of carbonyl (C=O) groups excluding carboxylic acids is 4. The van der Waals surface area contributed by atoms with E-state index in [2.05, 4.69) is 5.32 Å². The molecule has 140 valence electrons. The highest BCUT2D eigenvalue weighted by Crippen LogP contribution is 2.26. The van der Waals surface area contributed by atoms with Crippen LogP contribution in [0.5, 0.6) is 0 Å². The van der Waals surface area contributed by atoms with Crippen molar-refractivity contribution in [1.82, 2.24) is 15.1 Å². The minimum absolute atomic E-state index is 0.156. The lowest BCUT2D eigenvalue weighted by atomic mass is 10.1. The highest BCUT2D eigenvalue weighted by atomic mass is 32.1. The highest BCUT2D eigenvalue weighted by molar-refractivity contribution is 7.10. The van der Waals surface area contributed by atoms with E-state index >= 15 is 0 Å². The van der Waals surface area contributed by atoms with Crippen LogP contribution in [-0.4, -0.2) is 46.6 Å². The van der Waals surface area contributed by atoms with Crippen LogP contribution in [0.4, 0.5) is 4.79 Å². The number of rotatable bonds is 7. The van der Waals surface area contributed by atoms with E-state index in [1.807, 2.05) is 47.8 Å². The van der Waals surface area contributed by atoms with Gasteiger partial charge in [-0.25, -0.2) is 9.69 Å². The summed E-state index contributed by atoms with van der Waals surface area (Å²) in [6.45, 7) is 1.47. The lowest BCUT2D eigenvalue weighted by Gasteiger charge is -2.20. The van der Waals surface area contributed by atoms with Crippen LogP contribution in [0, 0.1) is 0 Å². The number of urea groups is 1. The van der Waals surface area contributed by atoms with Crippen LogP contribution >= 0.6 is 11.3 Å². The van der Waals surface area contributed by atoms with Gasteiger partial charge >= 0.3 is 17.8 Å². The summed E-state index contributed by atoms with van der Waals surface area (Å²) in [5.74, 6) is -2.35. The Morgan fingerprint density at radius 3 is 2.37 bits per heavy atom. The molecule has 0 aliphatic carbocycles. The molecule has 2 heterocycles. The molecule has 0 unspecified atom stereocenters. The Bertz CT molecular complexity index is 851. The summed E-state index contributed by atoms with van der Waals surface area (Å²) in [5.41, 5.74) is 0.885. The number of benzene rings is 1. The molecule has 7 nitrogen and oxygen atoms in total. The van der Waals surface area contributed by atoms with Gasteiger partial charge in [0.2, 0.25) is 5.91 Å². The van der Waals surface area contributed by atoms with E-state index in [1.165, 1.54) is 11.3 Å². The van der Waals surface area contributed by atoms with Crippen molar-refractivity contribution in [3.8, 4) is 0 Å². The zero-order valence-corrected chi connectivity index (χ0v) is 15.6. The Balaban J connectivity index is 1.74. The normalized spacial score (nSPS) is 15.4. The van der Waals surface area contributed by atoms with Crippen molar-refractivity contribution < 1.29 is 19.2 Å². The van der Waals surface area contributed by atoms with Gasteiger partial charge in [-0.2, -0.15) is 0 Å². The molecular formula is C19H19N3O4S. The predicted octanol–water partition coefficient (Wildman–Crippen LogP) is 2.15. The van der Waals surface area contributed by atoms with Crippen LogP contribution in [0.15, 0.2) is 47.8 Å². The maximum absolute atomic E-state index is 12.6. The first kappa shape index (κ1) is 18.8. The van der Waals surface area contributed by atoms with Crippen LogP contribution in [0.2, 0.25) is 0 Å². The van der Waals surface area contributed by atoms with Gasteiger partial charge in [0, 0.05) is 11.4 Å². The number of nitrogens with one attached hydrogen (secondary N) is 1. The minimum Gasteiger partial charge on any atom is -0.343 e. The summed E-state index contributed by atoms with van der Waals surface area (Å²) in [7, 11) is 0. The van der Waals surface area contributed by atoms with Crippen LogP contribution in [0.1, 0.15) is 29.8 Å². The van der Waals surface area contributed by atoms with E-state index in [1.54, 1.807) is 6.92 Å². The number of hydrogen-bond acceptors (Lipinski definition) is 5. The van der Waals surface area contributed by atoms with Crippen LogP contribution < -0.4 is 5.32 Å².